The normalized spacial score (nSPS) is 35.1. The molecule has 7 nitrogen and oxygen atoms in total. The summed E-state index contributed by atoms with van der Waals surface area (Å²) >= 11 is 0. The predicted molar refractivity (Wildman–Crippen MR) is 66.2 cm³/mol. The van der Waals surface area contributed by atoms with Crippen LogP contribution in [-0.2, 0) is 14.3 Å². The Balaban J connectivity index is 2.71. The molecule has 1 amide bonds. The van der Waals surface area contributed by atoms with Crippen molar-refractivity contribution in [1.29, 1.82) is 0 Å². The fourth-order valence-electron chi connectivity index (χ4n) is 1.96. The largest absolute Gasteiger partial charge is 0.394 e. The van der Waals surface area contributed by atoms with Gasteiger partial charge >= 0.3 is 0 Å². The van der Waals surface area contributed by atoms with Crippen molar-refractivity contribution in [3.63, 3.8) is 0 Å². The third kappa shape index (κ3) is 4.39. The van der Waals surface area contributed by atoms with Gasteiger partial charge in [0.25, 0.3) is 0 Å². The van der Waals surface area contributed by atoms with Crippen LogP contribution < -0.4 is 5.32 Å². The minimum atomic E-state index is -1.27. The number of aliphatic hydroxyl groups excluding tert-OH is 3. The van der Waals surface area contributed by atoms with E-state index in [1.54, 1.807) is 0 Å². The van der Waals surface area contributed by atoms with Gasteiger partial charge in [-0.25, -0.2) is 0 Å². The van der Waals surface area contributed by atoms with E-state index in [1.165, 1.54) is 6.92 Å². The van der Waals surface area contributed by atoms with Crippen molar-refractivity contribution >= 4 is 5.91 Å². The standard InChI is InChI=1S/C12H23NO6/c1-3-4-5-18-12-9(13-7(2)15)11(17)10(16)8(6-14)19-12/h8-12,14,16-17H,3-6H2,1-2H3,(H,13,15)/t8-,9+,10+,11-,12+/m0/s1. The Morgan fingerprint density at radius 2 is 2.05 bits per heavy atom. The van der Waals surface area contributed by atoms with Gasteiger partial charge in [0, 0.05) is 13.5 Å². The van der Waals surface area contributed by atoms with Crippen molar-refractivity contribution < 1.29 is 29.6 Å². The zero-order valence-electron chi connectivity index (χ0n) is 11.3. The highest BCUT2D eigenvalue weighted by atomic mass is 16.7. The van der Waals surface area contributed by atoms with Gasteiger partial charge in [-0.1, -0.05) is 13.3 Å². The van der Waals surface area contributed by atoms with Crippen molar-refractivity contribution in [1.82, 2.24) is 5.32 Å². The monoisotopic (exact) mass is 277 g/mol. The van der Waals surface area contributed by atoms with E-state index in [0.717, 1.165) is 12.8 Å². The van der Waals surface area contributed by atoms with Gasteiger partial charge in [-0.3, -0.25) is 4.79 Å². The van der Waals surface area contributed by atoms with E-state index in [4.69, 9.17) is 14.6 Å². The van der Waals surface area contributed by atoms with Crippen LogP contribution in [0.5, 0.6) is 0 Å². The number of hydrogen-bond donors (Lipinski definition) is 4. The highest BCUT2D eigenvalue weighted by Gasteiger charge is 2.45. The van der Waals surface area contributed by atoms with Crippen molar-refractivity contribution in [3.8, 4) is 0 Å². The van der Waals surface area contributed by atoms with Crippen LogP contribution >= 0.6 is 0 Å². The molecule has 7 heteroatoms. The molecule has 0 aromatic heterocycles. The molecule has 0 saturated carbocycles. The van der Waals surface area contributed by atoms with Crippen LogP contribution in [0.3, 0.4) is 0 Å². The van der Waals surface area contributed by atoms with Crippen molar-refractivity contribution in [2.45, 2.75) is 57.3 Å². The zero-order valence-corrected chi connectivity index (χ0v) is 11.3. The van der Waals surface area contributed by atoms with Crippen molar-refractivity contribution in [2.75, 3.05) is 13.2 Å². The first-order valence-corrected chi connectivity index (χ1v) is 6.52. The topological polar surface area (TPSA) is 108 Å². The number of hydrogen-bond acceptors (Lipinski definition) is 6. The summed E-state index contributed by atoms with van der Waals surface area (Å²) in [5.41, 5.74) is 0. The Morgan fingerprint density at radius 1 is 1.37 bits per heavy atom. The van der Waals surface area contributed by atoms with E-state index in [-0.39, 0.29) is 5.91 Å². The van der Waals surface area contributed by atoms with Gasteiger partial charge in [-0.15, -0.1) is 0 Å². The summed E-state index contributed by atoms with van der Waals surface area (Å²) in [5.74, 6) is -0.355. The molecule has 0 bridgehead atoms. The lowest BCUT2D eigenvalue weighted by Gasteiger charge is -2.42. The van der Waals surface area contributed by atoms with Crippen LogP contribution in [0.2, 0.25) is 0 Å². The van der Waals surface area contributed by atoms with Gasteiger partial charge in [-0.05, 0) is 6.42 Å². The number of aliphatic hydroxyl groups is 3. The SMILES string of the molecule is CCCCO[C@@H]1O[C@@H](CO)[C@@H](O)[C@@H](O)[C@H]1NC(C)=O. The lowest BCUT2D eigenvalue weighted by atomic mass is 9.97. The number of unbranched alkanes of at least 4 members (excludes halogenated alkanes) is 1. The van der Waals surface area contributed by atoms with Gasteiger partial charge in [-0.2, -0.15) is 0 Å². The molecule has 1 fully saturated rings. The van der Waals surface area contributed by atoms with Crippen LogP contribution in [0, 0.1) is 0 Å². The molecule has 5 atom stereocenters. The maximum atomic E-state index is 11.1. The highest BCUT2D eigenvalue weighted by molar-refractivity contribution is 5.73. The summed E-state index contributed by atoms with van der Waals surface area (Å²) in [6.07, 6.45) is -2.58. The van der Waals surface area contributed by atoms with E-state index < -0.39 is 37.3 Å². The van der Waals surface area contributed by atoms with Crippen molar-refractivity contribution in [3.05, 3.63) is 0 Å². The van der Waals surface area contributed by atoms with E-state index in [2.05, 4.69) is 5.32 Å². The smallest absolute Gasteiger partial charge is 0.217 e. The summed E-state index contributed by atoms with van der Waals surface area (Å²) in [6.45, 7) is 3.29. The number of ether oxygens (including phenoxy) is 2. The van der Waals surface area contributed by atoms with E-state index >= 15 is 0 Å². The Morgan fingerprint density at radius 3 is 2.58 bits per heavy atom. The molecule has 0 spiro atoms. The molecule has 1 saturated heterocycles. The van der Waals surface area contributed by atoms with Gasteiger partial charge in [0.15, 0.2) is 6.29 Å². The lowest BCUT2D eigenvalue weighted by Crippen LogP contribution is -2.64. The molecule has 0 unspecified atom stereocenters. The summed E-state index contributed by atoms with van der Waals surface area (Å²) < 4.78 is 10.8. The third-order valence-corrected chi connectivity index (χ3v) is 3.03. The van der Waals surface area contributed by atoms with E-state index in [9.17, 15) is 15.0 Å². The van der Waals surface area contributed by atoms with Crippen LogP contribution in [0.25, 0.3) is 0 Å². The number of rotatable bonds is 6. The molecule has 1 aliphatic heterocycles. The van der Waals surface area contributed by atoms with Gasteiger partial charge in [0.05, 0.1) is 6.61 Å². The van der Waals surface area contributed by atoms with Gasteiger partial charge in [0.2, 0.25) is 5.91 Å². The molecule has 1 heterocycles. The molecule has 1 aliphatic rings. The van der Waals surface area contributed by atoms with Crippen LogP contribution in [-0.4, -0.2) is 65.1 Å². The first-order chi connectivity index (χ1) is 9.01. The molecule has 19 heavy (non-hydrogen) atoms. The summed E-state index contributed by atoms with van der Waals surface area (Å²) in [6, 6.07) is -0.854. The maximum Gasteiger partial charge on any atom is 0.217 e. The highest BCUT2D eigenvalue weighted by Crippen LogP contribution is 2.22. The van der Waals surface area contributed by atoms with Gasteiger partial charge < -0.3 is 30.1 Å². The average Bonchev–Trinajstić information content (AvgIpc) is 2.37. The minimum absolute atomic E-state index is 0.355. The molecule has 4 N–H and O–H groups in total. The van der Waals surface area contributed by atoms with Crippen molar-refractivity contribution in [2.24, 2.45) is 0 Å². The Kier molecular flexibility index (Phi) is 6.67. The maximum absolute atomic E-state index is 11.1. The Labute approximate surface area is 112 Å². The van der Waals surface area contributed by atoms with Crippen LogP contribution in [0.1, 0.15) is 26.7 Å². The number of amides is 1. The second kappa shape index (κ2) is 7.76. The summed E-state index contributed by atoms with van der Waals surface area (Å²) in [7, 11) is 0. The zero-order chi connectivity index (χ0) is 14.4. The molecule has 0 aromatic rings. The van der Waals surface area contributed by atoms with Crippen LogP contribution in [0.4, 0.5) is 0 Å². The second-order valence-corrected chi connectivity index (χ2v) is 4.66. The number of carbonyl (C=O) groups excluding carboxylic acids is 1. The summed E-state index contributed by atoms with van der Waals surface area (Å²) in [5, 5.41) is 31.3. The average molecular weight is 277 g/mol. The molecule has 1 rings (SSSR count). The molecule has 0 aromatic carbocycles. The molecule has 112 valence electrons. The molecule has 0 aliphatic carbocycles. The van der Waals surface area contributed by atoms with Crippen LogP contribution in [0.15, 0.2) is 0 Å². The molecular formula is C12H23NO6. The quantitative estimate of drug-likeness (QED) is 0.452. The fraction of sp³-hybridized carbons (Fsp3) is 0.917. The first kappa shape index (κ1) is 16.3. The second-order valence-electron chi connectivity index (χ2n) is 4.66. The first-order valence-electron chi connectivity index (χ1n) is 6.52. The molecular weight excluding hydrogens is 254 g/mol. The molecule has 0 radical (unpaired) electrons. The Bertz CT molecular complexity index is 287. The predicted octanol–water partition coefficient (Wildman–Crippen LogP) is -1.25. The minimum Gasteiger partial charge on any atom is -0.394 e. The van der Waals surface area contributed by atoms with E-state index in [0.29, 0.717) is 6.61 Å². The number of carbonyl (C=O) groups is 1. The summed E-state index contributed by atoms with van der Waals surface area (Å²) in [4.78, 5) is 11.1. The number of nitrogens with one attached hydrogen (secondary N) is 1. The Hall–Kier alpha value is -0.730. The third-order valence-electron chi connectivity index (χ3n) is 3.03. The fourth-order valence-corrected chi connectivity index (χ4v) is 1.96. The lowest BCUT2D eigenvalue weighted by molar-refractivity contribution is -0.270. The van der Waals surface area contributed by atoms with E-state index in [1.807, 2.05) is 6.92 Å². The van der Waals surface area contributed by atoms with Gasteiger partial charge in [0.1, 0.15) is 24.4 Å².